The van der Waals surface area contributed by atoms with Crippen LogP contribution in [-0.4, -0.2) is 10.1 Å². The molecule has 0 saturated carbocycles. The van der Waals surface area contributed by atoms with Crippen molar-refractivity contribution in [3.05, 3.63) is 64.0 Å². The molecule has 1 heterocycles. The molecule has 0 fully saturated rings. The van der Waals surface area contributed by atoms with E-state index in [9.17, 15) is 5.11 Å². The van der Waals surface area contributed by atoms with Gasteiger partial charge in [-0.1, -0.05) is 47.5 Å². The Morgan fingerprint density at radius 2 is 1.90 bits per heavy atom. The highest BCUT2D eigenvalue weighted by Crippen LogP contribution is 2.31. The lowest BCUT2D eigenvalue weighted by Gasteiger charge is -2.11. The number of benzene rings is 2. The van der Waals surface area contributed by atoms with Crippen LogP contribution in [0.1, 0.15) is 17.6 Å². The highest BCUT2D eigenvalue weighted by atomic mass is 35.5. The molecule has 5 heteroatoms. The van der Waals surface area contributed by atoms with Crippen LogP contribution in [0.5, 0.6) is 0 Å². The summed E-state index contributed by atoms with van der Waals surface area (Å²) in [6.07, 6.45) is -0.566. The number of halogens is 2. The Bertz CT molecular complexity index is 721. The van der Waals surface area contributed by atoms with Crippen LogP contribution in [0.2, 0.25) is 10.0 Å². The van der Waals surface area contributed by atoms with Gasteiger partial charge in [-0.05, 0) is 18.2 Å². The van der Waals surface area contributed by atoms with Crippen molar-refractivity contribution >= 4 is 34.3 Å². The van der Waals surface area contributed by atoms with Crippen LogP contribution >= 0.6 is 23.2 Å². The summed E-state index contributed by atoms with van der Waals surface area (Å²) in [4.78, 5) is 4.33. The van der Waals surface area contributed by atoms with Crippen molar-refractivity contribution in [1.82, 2.24) is 4.98 Å². The van der Waals surface area contributed by atoms with Gasteiger partial charge in [0.05, 0.1) is 22.6 Å². The van der Waals surface area contributed by atoms with Gasteiger partial charge in [-0.2, -0.15) is 0 Å². The fourth-order valence-corrected chi connectivity index (χ4v) is 2.49. The van der Waals surface area contributed by atoms with Gasteiger partial charge >= 0.3 is 0 Å². The average Bonchev–Trinajstić information content (AvgIpc) is 2.83. The van der Waals surface area contributed by atoms with E-state index in [0.717, 1.165) is 5.52 Å². The fourth-order valence-electron chi connectivity index (χ4n) is 2.06. The normalized spacial score (nSPS) is 12.8. The van der Waals surface area contributed by atoms with E-state index in [1.54, 1.807) is 18.2 Å². The van der Waals surface area contributed by atoms with Crippen molar-refractivity contribution < 1.29 is 9.52 Å². The van der Waals surface area contributed by atoms with E-state index < -0.39 is 6.10 Å². The Kier molecular flexibility index (Phi) is 3.66. The molecular weight excluding hydrogens is 297 g/mol. The lowest BCUT2D eigenvalue weighted by Crippen LogP contribution is -2.03. The summed E-state index contributed by atoms with van der Waals surface area (Å²) >= 11 is 12.0. The van der Waals surface area contributed by atoms with Crippen LogP contribution < -0.4 is 0 Å². The number of aliphatic hydroxyl groups excluding tert-OH is 1. The number of fused-ring (bicyclic) bond motifs is 1. The predicted octanol–water partition coefficient (Wildman–Crippen LogP) is 4.41. The minimum absolute atomic E-state index is 0.245. The van der Waals surface area contributed by atoms with Gasteiger partial charge in [0.2, 0.25) is 0 Å². The van der Waals surface area contributed by atoms with Gasteiger partial charge in [0.25, 0.3) is 0 Å². The van der Waals surface area contributed by atoms with Gasteiger partial charge in [-0.3, -0.25) is 0 Å². The summed E-state index contributed by atoms with van der Waals surface area (Å²) < 4.78 is 5.58. The second-order valence-electron chi connectivity index (χ2n) is 4.44. The van der Waals surface area contributed by atoms with Crippen molar-refractivity contribution in [2.24, 2.45) is 0 Å². The molecule has 1 N–H and O–H groups in total. The van der Waals surface area contributed by atoms with E-state index in [0.29, 0.717) is 27.1 Å². The molecule has 0 bridgehead atoms. The highest BCUT2D eigenvalue weighted by molar-refractivity contribution is 6.42. The molecule has 3 aromatic rings. The number of nitrogens with zero attached hydrogens (tertiary/aromatic N) is 1. The van der Waals surface area contributed by atoms with Crippen LogP contribution in [-0.2, 0) is 6.42 Å². The molecule has 2 aromatic carbocycles. The van der Waals surface area contributed by atoms with Gasteiger partial charge in [0.15, 0.2) is 11.5 Å². The first-order valence-electron chi connectivity index (χ1n) is 6.11. The molecule has 1 atom stereocenters. The minimum atomic E-state index is -0.811. The molecule has 1 aromatic heterocycles. The molecule has 102 valence electrons. The number of aliphatic hydroxyl groups is 1. The number of hydrogen-bond donors (Lipinski definition) is 1. The maximum Gasteiger partial charge on any atom is 0.198 e. The van der Waals surface area contributed by atoms with Gasteiger partial charge in [-0.15, -0.1) is 0 Å². The first kappa shape index (κ1) is 13.4. The van der Waals surface area contributed by atoms with Crippen LogP contribution in [0.15, 0.2) is 46.9 Å². The summed E-state index contributed by atoms with van der Waals surface area (Å²) in [5.41, 5.74) is 2.04. The molecule has 0 spiro atoms. The Labute approximate surface area is 125 Å². The molecule has 0 saturated heterocycles. The van der Waals surface area contributed by atoms with Crippen LogP contribution in [0.4, 0.5) is 0 Å². The Balaban J connectivity index is 1.88. The van der Waals surface area contributed by atoms with Gasteiger partial charge < -0.3 is 9.52 Å². The maximum absolute atomic E-state index is 10.3. The monoisotopic (exact) mass is 307 g/mol. The molecule has 1 unspecified atom stereocenters. The molecule has 0 aliphatic carbocycles. The van der Waals surface area contributed by atoms with Gasteiger partial charge in [-0.25, -0.2) is 4.98 Å². The number of rotatable bonds is 3. The van der Waals surface area contributed by atoms with Crippen molar-refractivity contribution in [3.63, 3.8) is 0 Å². The van der Waals surface area contributed by atoms with Gasteiger partial charge in [0, 0.05) is 5.56 Å². The van der Waals surface area contributed by atoms with E-state index in [1.165, 1.54) is 0 Å². The number of aromatic nitrogens is 1. The predicted molar refractivity (Wildman–Crippen MR) is 79.1 cm³/mol. The Morgan fingerprint density at radius 3 is 2.70 bits per heavy atom. The van der Waals surface area contributed by atoms with Crippen LogP contribution in [0.3, 0.4) is 0 Å². The summed E-state index contributed by atoms with van der Waals surface area (Å²) in [6.45, 7) is 0. The zero-order valence-electron chi connectivity index (χ0n) is 10.4. The molecule has 20 heavy (non-hydrogen) atoms. The average molecular weight is 308 g/mol. The third-order valence-electron chi connectivity index (χ3n) is 3.05. The second-order valence-corrected chi connectivity index (χ2v) is 5.22. The summed E-state index contributed by atoms with van der Waals surface area (Å²) in [6, 6.07) is 12.6. The summed E-state index contributed by atoms with van der Waals surface area (Å²) in [5, 5.41) is 11.0. The van der Waals surface area contributed by atoms with E-state index in [2.05, 4.69) is 4.98 Å². The highest BCUT2D eigenvalue weighted by Gasteiger charge is 2.17. The lowest BCUT2D eigenvalue weighted by atomic mass is 10.1. The zero-order chi connectivity index (χ0) is 14.1. The number of para-hydroxylation sites is 2. The molecule has 0 aliphatic heterocycles. The molecule has 3 rings (SSSR count). The molecule has 0 aliphatic rings. The van der Waals surface area contributed by atoms with Crippen molar-refractivity contribution in [2.45, 2.75) is 12.5 Å². The van der Waals surface area contributed by atoms with E-state index in [1.807, 2.05) is 24.3 Å². The first-order chi connectivity index (χ1) is 9.65. The quantitative estimate of drug-likeness (QED) is 0.779. The molecule has 3 nitrogen and oxygen atoms in total. The summed E-state index contributed by atoms with van der Waals surface area (Å²) in [5.74, 6) is 0.467. The molecule has 0 amide bonds. The molecule has 0 radical (unpaired) electrons. The third-order valence-corrected chi connectivity index (χ3v) is 3.88. The number of oxazole rings is 1. The molecular formula is C15H11Cl2NO2. The van der Waals surface area contributed by atoms with E-state index >= 15 is 0 Å². The van der Waals surface area contributed by atoms with Gasteiger partial charge in [0.1, 0.15) is 5.52 Å². The van der Waals surface area contributed by atoms with Crippen molar-refractivity contribution in [1.29, 1.82) is 0 Å². The van der Waals surface area contributed by atoms with Crippen molar-refractivity contribution in [2.75, 3.05) is 0 Å². The smallest absolute Gasteiger partial charge is 0.198 e. The third kappa shape index (κ3) is 2.52. The largest absolute Gasteiger partial charge is 0.441 e. The van der Waals surface area contributed by atoms with Crippen LogP contribution in [0, 0.1) is 0 Å². The fraction of sp³-hybridized carbons (Fsp3) is 0.133. The zero-order valence-corrected chi connectivity index (χ0v) is 11.9. The van der Waals surface area contributed by atoms with E-state index in [4.69, 9.17) is 27.6 Å². The topological polar surface area (TPSA) is 46.3 Å². The van der Waals surface area contributed by atoms with E-state index in [-0.39, 0.29) is 6.42 Å². The maximum atomic E-state index is 10.3. The standard InChI is InChI=1S/C15H11Cl2NO2/c16-10-5-3-4-9(15(10)17)12(19)8-14-18-11-6-1-2-7-13(11)20-14/h1-7,12,19H,8H2. The summed E-state index contributed by atoms with van der Waals surface area (Å²) in [7, 11) is 0. The van der Waals surface area contributed by atoms with Crippen LogP contribution in [0.25, 0.3) is 11.1 Å². The Morgan fingerprint density at radius 1 is 1.10 bits per heavy atom. The SMILES string of the molecule is OC(Cc1nc2ccccc2o1)c1cccc(Cl)c1Cl. The lowest BCUT2D eigenvalue weighted by molar-refractivity contribution is 0.169. The minimum Gasteiger partial charge on any atom is -0.441 e. The Hall–Kier alpha value is -1.55. The van der Waals surface area contributed by atoms with Crippen molar-refractivity contribution in [3.8, 4) is 0 Å². The number of hydrogen-bond acceptors (Lipinski definition) is 3. The first-order valence-corrected chi connectivity index (χ1v) is 6.87. The second kappa shape index (κ2) is 5.44.